The van der Waals surface area contributed by atoms with Crippen LogP contribution in [0.4, 0.5) is 0 Å². The van der Waals surface area contributed by atoms with E-state index in [2.05, 4.69) is 45.0 Å². The van der Waals surface area contributed by atoms with Gasteiger partial charge in [-0.25, -0.2) is 4.79 Å². The lowest BCUT2D eigenvalue weighted by atomic mass is 9.44. The number of rotatable bonds is 5. The molecule has 0 amide bonds. The summed E-state index contributed by atoms with van der Waals surface area (Å²) in [4.78, 5) is 17.8. The Morgan fingerprint density at radius 3 is 2.69 bits per heavy atom. The Balaban J connectivity index is 1.67. The van der Waals surface area contributed by atoms with E-state index in [-0.39, 0.29) is 23.2 Å². The third-order valence-electron chi connectivity index (χ3n) is 7.83. The van der Waals surface area contributed by atoms with Crippen molar-refractivity contribution >= 4 is 17.3 Å². The molecule has 4 heteroatoms. The second-order valence-electron chi connectivity index (χ2n) is 9.74. The van der Waals surface area contributed by atoms with Gasteiger partial charge in [-0.15, -0.1) is 0 Å². The van der Waals surface area contributed by atoms with Crippen LogP contribution in [0.1, 0.15) is 58.6 Å². The number of fused-ring (bicyclic) bond motifs is 3. The van der Waals surface area contributed by atoms with Crippen LogP contribution in [-0.4, -0.2) is 35.0 Å². The van der Waals surface area contributed by atoms with Crippen LogP contribution in [0.5, 0.6) is 0 Å². The predicted molar refractivity (Wildman–Crippen MR) is 116 cm³/mol. The largest absolute Gasteiger partial charge is 0.464 e. The number of nitrogens with zero attached hydrogens (tertiary/aromatic N) is 1. The predicted octanol–water partition coefficient (Wildman–Crippen LogP) is 4.45. The van der Waals surface area contributed by atoms with Gasteiger partial charge in [-0.3, -0.25) is 4.99 Å². The molecule has 29 heavy (non-hydrogen) atoms. The van der Waals surface area contributed by atoms with Crippen LogP contribution >= 0.6 is 0 Å². The number of allylic oxidation sites excluding steroid dienone is 1. The van der Waals surface area contributed by atoms with Crippen molar-refractivity contribution in [1.82, 2.24) is 0 Å². The second kappa shape index (κ2) is 7.09. The fourth-order valence-corrected chi connectivity index (χ4v) is 5.82. The first kappa shape index (κ1) is 20.3. The van der Waals surface area contributed by atoms with Gasteiger partial charge in [-0.1, -0.05) is 51.1 Å². The number of ether oxygens (including phenoxy) is 1. The summed E-state index contributed by atoms with van der Waals surface area (Å²) in [5.74, 6) is 0.312. The van der Waals surface area contributed by atoms with Crippen molar-refractivity contribution in [2.75, 3.05) is 6.61 Å². The third-order valence-corrected chi connectivity index (χ3v) is 7.83. The Labute approximate surface area is 174 Å². The maximum Gasteiger partial charge on any atom is 0.331 e. The lowest BCUT2D eigenvalue weighted by Crippen LogP contribution is -2.65. The molecule has 0 aromatic heterocycles. The van der Waals surface area contributed by atoms with Crippen LogP contribution in [0.15, 0.2) is 35.3 Å². The molecule has 4 aliphatic carbocycles. The molecule has 0 aliphatic heterocycles. The quantitative estimate of drug-likeness (QED) is 0.749. The zero-order valence-corrected chi connectivity index (χ0v) is 18.2. The molecule has 0 radical (unpaired) electrons. The highest BCUT2D eigenvalue weighted by molar-refractivity contribution is 5.97. The van der Waals surface area contributed by atoms with Gasteiger partial charge in [0.25, 0.3) is 0 Å². The lowest BCUT2D eigenvalue weighted by molar-refractivity contribution is -0.145. The van der Waals surface area contributed by atoms with Crippen LogP contribution in [0.3, 0.4) is 0 Å². The smallest absolute Gasteiger partial charge is 0.331 e. The Bertz CT molecular complexity index is 880. The van der Waals surface area contributed by atoms with Gasteiger partial charge in [0.05, 0.1) is 6.61 Å². The van der Waals surface area contributed by atoms with Gasteiger partial charge in [-0.2, -0.15) is 0 Å². The number of esters is 1. The summed E-state index contributed by atoms with van der Waals surface area (Å²) >= 11 is 0. The van der Waals surface area contributed by atoms with Crippen molar-refractivity contribution in [3.8, 4) is 0 Å². The van der Waals surface area contributed by atoms with Crippen LogP contribution in [0.2, 0.25) is 0 Å². The fourth-order valence-electron chi connectivity index (χ4n) is 5.82. The normalized spacial score (nSPS) is 32.8. The highest BCUT2D eigenvalue weighted by Crippen LogP contribution is 2.61. The highest BCUT2D eigenvalue weighted by Gasteiger charge is 2.61. The zero-order valence-electron chi connectivity index (χ0n) is 18.2. The van der Waals surface area contributed by atoms with E-state index in [0.717, 1.165) is 30.5 Å². The van der Waals surface area contributed by atoms with Gasteiger partial charge < -0.3 is 9.84 Å². The van der Waals surface area contributed by atoms with Crippen molar-refractivity contribution in [2.45, 2.75) is 65.5 Å². The first-order chi connectivity index (χ1) is 13.7. The number of carbonyl (C=O) groups is 1. The lowest BCUT2D eigenvalue weighted by Gasteiger charge is -2.62. The van der Waals surface area contributed by atoms with Crippen LogP contribution < -0.4 is 0 Å². The van der Waals surface area contributed by atoms with E-state index in [0.29, 0.717) is 12.5 Å². The minimum Gasteiger partial charge on any atom is -0.464 e. The molecular formula is C25H33NO3. The molecule has 0 heterocycles. The Morgan fingerprint density at radius 2 is 2.03 bits per heavy atom. The molecule has 2 bridgehead atoms. The number of benzene rings is 1. The molecule has 1 aromatic rings. The van der Waals surface area contributed by atoms with Gasteiger partial charge in [0.1, 0.15) is 5.60 Å². The van der Waals surface area contributed by atoms with Crippen LogP contribution in [0, 0.1) is 23.2 Å². The maximum atomic E-state index is 12.9. The summed E-state index contributed by atoms with van der Waals surface area (Å²) in [6.07, 6.45) is 4.89. The monoisotopic (exact) mass is 395 g/mol. The van der Waals surface area contributed by atoms with Crippen molar-refractivity contribution < 1.29 is 14.6 Å². The van der Waals surface area contributed by atoms with Gasteiger partial charge in [-0.05, 0) is 67.1 Å². The van der Waals surface area contributed by atoms with E-state index in [1.54, 1.807) is 0 Å². The van der Waals surface area contributed by atoms with E-state index in [9.17, 15) is 9.90 Å². The molecule has 5 atom stereocenters. The maximum absolute atomic E-state index is 12.9. The summed E-state index contributed by atoms with van der Waals surface area (Å²) in [5, 5.41) is 11.3. The number of hydrogen-bond acceptors (Lipinski definition) is 4. The van der Waals surface area contributed by atoms with E-state index < -0.39 is 11.6 Å². The molecule has 3 saturated carbocycles. The van der Waals surface area contributed by atoms with Gasteiger partial charge in [0.15, 0.2) is 6.04 Å². The minimum absolute atomic E-state index is 0.104. The average molecular weight is 396 g/mol. The summed E-state index contributed by atoms with van der Waals surface area (Å²) in [7, 11) is 0. The first-order valence-corrected chi connectivity index (χ1v) is 10.9. The first-order valence-electron chi connectivity index (χ1n) is 10.9. The van der Waals surface area contributed by atoms with Gasteiger partial charge in [0.2, 0.25) is 0 Å². The zero-order chi connectivity index (χ0) is 21.0. The molecule has 3 fully saturated rings. The molecule has 4 aliphatic rings. The molecule has 4 nitrogen and oxygen atoms in total. The number of carbonyl (C=O) groups excluding carboxylic acids is 1. The summed E-state index contributed by atoms with van der Waals surface area (Å²) < 4.78 is 5.41. The summed E-state index contributed by atoms with van der Waals surface area (Å²) in [6.45, 7) is 10.6. The van der Waals surface area contributed by atoms with Crippen molar-refractivity contribution in [1.29, 1.82) is 0 Å². The molecular weight excluding hydrogens is 362 g/mol. The molecule has 0 unspecified atom stereocenters. The van der Waals surface area contributed by atoms with E-state index in [1.807, 2.05) is 19.9 Å². The number of hydrogen-bond donors (Lipinski definition) is 1. The van der Waals surface area contributed by atoms with Crippen LogP contribution in [0.25, 0.3) is 5.57 Å². The molecule has 0 spiro atoms. The van der Waals surface area contributed by atoms with Crippen LogP contribution in [-0.2, 0) is 16.0 Å². The van der Waals surface area contributed by atoms with Gasteiger partial charge >= 0.3 is 5.97 Å². The number of aliphatic imine (C=N–C) groups is 1. The molecule has 0 saturated heterocycles. The van der Waals surface area contributed by atoms with E-state index >= 15 is 0 Å². The Morgan fingerprint density at radius 1 is 1.31 bits per heavy atom. The van der Waals surface area contributed by atoms with Crippen molar-refractivity contribution in [3.05, 3.63) is 41.5 Å². The highest BCUT2D eigenvalue weighted by atomic mass is 16.5. The Hall–Kier alpha value is -1.94. The average Bonchev–Trinajstić information content (AvgIpc) is 3.10. The van der Waals surface area contributed by atoms with Crippen molar-refractivity contribution in [3.63, 3.8) is 0 Å². The SMILES string of the molecule is CCOC(=O)[C@@H](N=C1C[C@@H]2C[C@@H](C2(C)C)[C@]1(C)O)[C@@H](C)C1=CCc2ccccc21. The second-order valence-corrected chi connectivity index (χ2v) is 9.74. The minimum atomic E-state index is -0.968. The summed E-state index contributed by atoms with van der Waals surface area (Å²) in [5.41, 5.74) is 3.58. The molecule has 1 aromatic carbocycles. The van der Waals surface area contributed by atoms with Gasteiger partial charge in [0, 0.05) is 11.6 Å². The topological polar surface area (TPSA) is 58.9 Å². The molecule has 156 valence electrons. The Kier molecular flexibility index (Phi) is 4.97. The molecule has 1 N–H and O–H groups in total. The van der Waals surface area contributed by atoms with Crippen molar-refractivity contribution in [2.24, 2.45) is 28.2 Å². The molecule has 5 rings (SSSR count). The van der Waals surface area contributed by atoms with E-state index in [4.69, 9.17) is 9.73 Å². The number of aliphatic hydroxyl groups is 1. The standard InChI is InChI=1S/C25H33NO3/c1-6-29-23(27)22(15(2)18-12-11-16-9-7-8-10-19(16)18)26-21-14-17-13-20(24(17,3)4)25(21,5)28/h7-10,12,15,17,20,22,28H,6,11,13-14H2,1-5H3/t15-,17-,20-,22-,25-/m0/s1. The van der Waals surface area contributed by atoms with E-state index in [1.165, 1.54) is 11.1 Å². The summed E-state index contributed by atoms with van der Waals surface area (Å²) in [6, 6.07) is 7.72. The third kappa shape index (κ3) is 3.16. The fraction of sp³-hybridized carbons (Fsp3) is 0.600.